The second kappa shape index (κ2) is 6.14. The van der Waals surface area contributed by atoms with Crippen LogP contribution in [0.2, 0.25) is 0 Å². The molecule has 1 aromatic carbocycles. The Kier molecular flexibility index (Phi) is 4.29. The topological polar surface area (TPSA) is 33.2 Å². The third-order valence-corrected chi connectivity index (χ3v) is 3.08. The number of carbonyl (C=O) groups excluding carboxylic acids is 1. The summed E-state index contributed by atoms with van der Waals surface area (Å²) in [6, 6.07) is 14.0. The number of pyridine rings is 1. The van der Waals surface area contributed by atoms with Gasteiger partial charge in [-0.2, -0.15) is 0 Å². The van der Waals surface area contributed by atoms with Crippen LogP contribution in [0.1, 0.15) is 29.8 Å². The van der Waals surface area contributed by atoms with Crippen molar-refractivity contribution in [1.82, 2.24) is 4.98 Å². The molecular weight excluding hydrogens is 236 g/mol. The summed E-state index contributed by atoms with van der Waals surface area (Å²) in [6.07, 6.45) is 1.64. The van der Waals surface area contributed by atoms with E-state index in [-0.39, 0.29) is 5.78 Å². The fourth-order valence-electron chi connectivity index (χ4n) is 1.94. The van der Waals surface area contributed by atoms with Crippen LogP contribution < -0.4 is 4.90 Å². The molecule has 98 valence electrons. The van der Waals surface area contributed by atoms with Gasteiger partial charge in [0.1, 0.15) is 5.82 Å². The maximum Gasteiger partial charge on any atom is 0.161 e. The summed E-state index contributed by atoms with van der Waals surface area (Å²) >= 11 is 0. The lowest BCUT2D eigenvalue weighted by atomic mass is 10.2. The number of Topliss-reactive ketones (excluding diaryl/α,β-unsaturated/α-hetero) is 1. The van der Waals surface area contributed by atoms with Crippen LogP contribution in [0.3, 0.4) is 0 Å². The molecule has 2 aromatic rings. The van der Waals surface area contributed by atoms with Gasteiger partial charge in [0.25, 0.3) is 0 Å². The van der Waals surface area contributed by atoms with Crippen LogP contribution in [0.4, 0.5) is 5.82 Å². The molecule has 0 radical (unpaired) electrons. The van der Waals surface area contributed by atoms with E-state index in [0.29, 0.717) is 5.56 Å². The zero-order valence-corrected chi connectivity index (χ0v) is 11.3. The number of rotatable bonds is 5. The van der Waals surface area contributed by atoms with Crippen LogP contribution in [0.25, 0.3) is 0 Å². The second-order valence-corrected chi connectivity index (χ2v) is 4.46. The maximum atomic E-state index is 11.2. The summed E-state index contributed by atoms with van der Waals surface area (Å²) in [5.74, 6) is 0.946. The summed E-state index contributed by atoms with van der Waals surface area (Å²) in [4.78, 5) is 17.8. The van der Waals surface area contributed by atoms with Crippen molar-refractivity contribution in [2.75, 3.05) is 11.4 Å². The lowest BCUT2D eigenvalue weighted by Crippen LogP contribution is -2.23. The molecule has 0 saturated heterocycles. The van der Waals surface area contributed by atoms with Crippen molar-refractivity contribution >= 4 is 11.6 Å². The van der Waals surface area contributed by atoms with Crippen molar-refractivity contribution in [3.63, 3.8) is 0 Å². The molecule has 0 N–H and O–H groups in total. The Hall–Kier alpha value is -2.16. The average molecular weight is 254 g/mol. The smallest absolute Gasteiger partial charge is 0.161 e. The molecule has 0 saturated carbocycles. The summed E-state index contributed by atoms with van der Waals surface area (Å²) in [6.45, 7) is 5.35. The van der Waals surface area contributed by atoms with Gasteiger partial charge in [0.2, 0.25) is 0 Å². The Balaban J connectivity index is 2.15. The van der Waals surface area contributed by atoms with E-state index in [4.69, 9.17) is 0 Å². The molecule has 0 bridgehead atoms. The normalized spacial score (nSPS) is 10.2. The van der Waals surface area contributed by atoms with Gasteiger partial charge < -0.3 is 4.90 Å². The summed E-state index contributed by atoms with van der Waals surface area (Å²) in [5.41, 5.74) is 1.90. The van der Waals surface area contributed by atoms with Gasteiger partial charge in [0.05, 0.1) is 0 Å². The van der Waals surface area contributed by atoms with Crippen molar-refractivity contribution in [3.8, 4) is 0 Å². The first-order valence-electron chi connectivity index (χ1n) is 6.46. The first-order chi connectivity index (χ1) is 9.20. The van der Waals surface area contributed by atoms with Crippen LogP contribution in [-0.4, -0.2) is 17.3 Å². The van der Waals surface area contributed by atoms with E-state index in [9.17, 15) is 4.79 Å². The second-order valence-electron chi connectivity index (χ2n) is 4.46. The molecule has 0 aliphatic carbocycles. The molecule has 0 atom stereocenters. The number of anilines is 1. The SMILES string of the molecule is CCN(Cc1ccccc1)c1ccc(C(C)=O)cn1. The Labute approximate surface area is 113 Å². The van der Waals surface area contributed by atoms with E-state index >= 15 is 0 Å². The van der Waals surface area contributed by atoms with E-state index in [1.807, 2.05) is 30.3 Å². The molecular formula is C16H18N2O. The quantitative estimate of drug-likeness (QED) is 0.767. The number of carbonyl (C=O) groups is 1. The zero-order chi connectivity index (χ0) is 13.7. The van der Waals surface area contributed by atoms with Gasteiger partial charge in [-0.05, 0) is 31.5 Å². The number of benzene rings is 1. The van der Waals surface area contributed by atoms with Crippen molar-refractivity contribution in [2.45, 2.75) is 20.4 Å². The monoisotopic (exact) mass is 254 g/mol. The van der Waals surface area contributed by atoms with Crippen LogP contribution in [0.15, 0.2) is 48.7 Å². The Morgan fingerprint density at radius 3 is 2.42 bits per heavy atom. The van der Waals surface area contributed by atoms with Crippen LogP contribution in [0.5, 0.6) is 0 Å². The lowest BCUT2D eigenvalue weighted by Gasteiger charge is -2.22. The number of ketones is 1. The van der Waals surface area contributed by atoms with E-state index in [1.54, 1.807) is 13.1 Å². The number of hydrogen-bond acceptors (Lipinski definition) is 3. The highest BCUT2D eigenvalue weighted by atomic mass is 16.1. The molecule has 2 rings (SSSR count). The molecule has 19 heavy (non-hydrogen) atoms. The molecule has 1 aromatic heterocycles. The summed E-state index contributed by atoms with van der Waals surface area (Å²) < 4.78 is 0. The van der Waals surface area contributed by atoms with Gasteiger partial charge >= 0.3 is 0 Å². The minimum absolute atomic E-state index is 0.0464. The Morgan fingerprint density at radius 2 is 1.89 bits per heavy atom. The third kappa shape index (κ3) is 3.41. The minimum atomic E-state index is 0.0464. The van der Waals surface area contributed by atoms with Crippen LogP contribution in [-0.2, 0) is 6.54 Å². The van der Waals surface area contributed by atoms with Crippen LogP contribution in [0, 0.1) is 0 Å². The Bertz CT molecular complexity index is 534. The van der Waals surface area contributed by atoms with Gasteiger partial charge in [-0.25, -0.2) is 4.98 Å². The highest BCUT2D eigenvalue weighted by molar-refractivity contribution is 5.93. The average Bonchev–Trinajstić information content (AvgIpc) is 2.46. The maximum absolute atomic E-state index is 11.2. The van der Waals surface area contributed by atoms with E-state index in [1.165, 1.54) is 5.56 Å². The molecule has 0 spiro atoms. The molecule has 0 aliphatic heterocycles. The first kappa shape index (κ1) is 13.3. The third-order valence-electron chi connectivity index (χ3n) is 3.08. The highest BCUT2D eigenvalue weighted by Crippen LogP contribution is 2.15. The number of nitrogens with zero attached hydrogens (tertiary/aromatic N) is 2. The lowest BCUT2D eigenvalue weighted by molar-refractivity contribution is 0.101. The van der Waals surface area contributed by atoms with E-state index in [2.05, 4.69) is 28.9 Å². The predicted octanol–water partition coefficient (Wildman–Crippen LogP) is 3.31. The van der Waals surface area contributed by atoms with Crippen molar-refractivity contribution in [1.29, 1.82) is 0 Å². The van der Waals surface area contributed by atoms with Gasteiger partial charge in [0.15, 0.2) is 5.78 Å². The predicted molar refractivity (Wildman–Crippen MR) is 77.4 cm³/mol. The molecule has 0 fully saturated rings. The van der Waals surface area contributed by atoms with Crippen molar-refractivity contribution in [2.24, 2.45) is 0 Å². The molecule has 3 heteroatoms. The van der Waals surface area contributed by atoms with Gasteiger partial charge in [-0.1, -0.05) is 30.3 Å². The van der Waals surface area contributed by atoms with E-state index in [0.717, 1.165) is 18.9 Å². The minimum Gasteiger partial charge on any atom is -0.353 e. The molecule has 1 heterocycles. The number of hydrogen-bond donors (Lipinski definition) is 0. The summed E-state index contributed by atoms with van der Waals surface area (Å²) in [5, 5.41) is 0. The molecule has 0 amide bonds. The zero-order valence-electron chi connectivity index (χ0n) is 11.3. The first-order valence-corrected chi connectivity index (χ1v) is 6.46. The number of aromatic nitrogens is 1. The molecule has 0 aliphatic rings. The van der Waals surface area contributed by atoms with Crippen LogP contribution >= 0.6 is 0 Å². The Morgan fingerprint density at radius 1 is 1.16 bits per heavy atom. The van der Waals surface area contributed by atoms with Crippen molar-refractivity contribution in [3.05, 3.63) is 59.8 Å². The van der Waals surface area contributed by atoms with Gasteiger partial charge in [-0.3, -0.25) is 4.79 Å². The molecule has 3 nitrogen and oxygen atoms in total. The summed E-state index contributed by atoms with van der Waals surface area (Å²) in [7, 11) is 0. The van der Waals surface area contributed by atoms with Gasteiger partial charge in [0, 0.05) is 24.8 Å². The largest absolute Gasteiger partial charge is 0.353 e. The van der Waals surface area contributed by atoms with E-state index < -0.39 is 0 Å². The highest BCUT2D eigenvalue weighted by Gasteiger charge is 2.07. The van der Waals surface area contributed by atoms with Crippen molar-refractivity contribution < 1.29 is 4.79 Å². The molecule has 0 unspecified atom stereocenters. The standard InChI is InChI=1S/C16H18N2O/c1-3-18(12-14-7-5-4-6-8-14)16-10-9-15(11-17-16)13(2)19/h4-11H,3,12H2,1-2H3. The fraction of sp³-hybridized carbons (Fsp3) is 0.250. The van der Waals surface area contributed by atoms with Gasteiger partial charge in [-0.15, -0.1) is 0 Å². The fourth-order valence-corrected chi connectivity index (χ4v) is 1.94.